The number of fused-ring (bicyclic) bond motifs is 1. The van der Waals surface area contributed by atoms with Crippen LogP contribution in [0.5, 0.6) is 0 Å². The van der Waals surface area contributed by atoms with Gasteiger partial charge in [0.15, 0.2) is 11.3 Å². The summed E-state index contributed by atoms with van der Waals surface area (Å²) in [6, 6.07) is 4.32. The number of H-pyrrole nitrogens is 1. The Morgan fingerprint density at radius 1 is 1.43 bits per heavy atom. The molecule has 2 heterocycles. The number of hydrogen-bond acceptors (Lipinski definition) is 4. The molecule has 0 amide bonds. The van der Waals surface area contributed by atoms with Crippen LogP contribution < -0.4 is 5.69 Å². The Morgan fingerprint density at radius 3 is 3.00 bits per heavy atom. The smallest absolute Gasteiger partial charge is 0.328 e. The Balaban J connectivity index is 2.04. The van der Waals surface area contributed by atoms with Crippen molar-refractivity contribution < 1.29 is 9.13 Å². The van der Waals surface area contributed by atoms with Gasteiger partial charge in [0.2, 0.25) is 0 Å². The fourth-order valence-corrected chi connectivity index (χ4v) is 2.47. The number of rotatable bonds is 5. The highest BCUT2D eigenvalue weighted by Crippen LogP contribution is 2.24. The lowest BCUT2D eigenvalue weighted by Crippen LogP contribution is -2.18. The van der Waals surface area contributed by atoms with Crippen molar-refractivity contribution in [3.05, 3.63) is 45.7 Å². The zero-order valence-corrected chi connectivity index (χ0v) is 13.1. The molecule has 120 valence electrons. The summed E-state index contributed by atoms with van der Waals surface area (Å²) < 4.78 is 19.8. The zero-order valence-electron chi connectivity index (χ0n) is 12.3. The van der Waals surface area contributed by atoms with Crippen molar-refractivity contribution in [2.45, 2.75) is 13.0 Å². The molecule has 23 heavy (non-hydrogen) atoms. The maximum absolute atomic E-state index is 13.3. The molecule has 2 aromatic heterocycles. The van der Waals surface area contributed by atoms with E-state index in [1.807, 2.05) is 0 Å². The molecule has 0 fully saturated rings. The van der Waals surface area contributed by atoms with Gasteiger partial charge in [-0.25, -0.2) is 19.2 Å². The van der Waals surface area contributed by atoms with Crippen LogP contribution in [0.4, 0.5) is 4.39 Å². The fourth-order valence-electron chi connectivity index (χ4n) is 2.29. The predicted octanol–water partition coefficient (Wildman–Crippen LogP) is 2.62. The Morgan fingerprint density at radius 2 is 2.26 bits per heavy atom. The van der Waals surface area contributed by atoms with Gasteiger partial charge >= 0.3 is 5.69 Å². The number of hydrogen-bond donors (Lipinski definition) is 1. The monoisotopic (exact) mass is 336 g/mol. The summed E-state index contributed by atoms with van der Waals surface area (Å²) in [5.74, 6) is -0.498. The molecule has 0 aliphatic rings. The first-order valence-corrected chi connectivity index (χ1v) is 7.38. The maximum atomic E-state index is 13.3. The van der Waals surface area contributed by atoms with E-state index in [9.17, 15) is 9.18 Å². The van der Waals surface area contributed by atoms with Gasteiger partial charge in [-0.1, -0.05) is 11.6 Å². The number of benzene rings is 1. The molecule has 0 radical (unpaired) electrons. The highest BCUT2D eigenvalue weighted by molar-refractivity contribution is 6.31. The predicted molar refractivity (Wildman–Crippen MR) is 85.0 cm³/mol. The number of aromatic nitrogens is 4. The second-order valence-corrected chi connectivity index (χ2v) is 5.39. The third kappa shape index (κ3) is 3.11. The summed E-state index contributed by atoms with van der Waals surface area (Å²) in [6.07, 6.45) is 2.19. The molecule has 0 saturated carbocycles. The normalized spacial score (nSPS) is 11.3. The van der Waals surface area contributed by atoms with E-state index < -0.39 is 5.82 Å². The number of ether oxygens (including phenoxy) is 1. The summed E-state index contributed by atoms with van der Waals surface area (Å²) in [5.41, 5.74) is 1.72. The van der Waals surface area contributed by atoms with Crippen molar-refractivity contribution in [3.63, 3.8) is 0 Å². The van der Waals surface area contributed by atoms with Crippen LogP contribution in [0.25, 0.3) is 22.6 Å². The quantitative estimate of drug-likeness (QED) is 0.727. The lowest BCUT2D eigenvalue weighted by Gasteiger charge is -2.05. The highest BCUT2D eigenvalue weighted by Gasteiger charge is 2.12. The summed E-state index contributed by atoms with van der Waals surface area (Å²) in [5, 5.41) is 0.0101. The largest absolute Gasteiger partial charge is 0.385 e. The van der Waals surface area contributed by atoms with Gasteiger partial charge in [-0.2, -0.15) is 0 Å². The minimum absolute atomic E-state index is 0.0101. The molecular formula is C15H14ClFN4O2. The average Bonchev–Trinajstić information content (AvgIpc) is 2.85. The number of imidazole rings is 1. The molecule has 0 unspecified atom stereocenters. The Hall–Kier alpha value is -2.25. The molecular weight excluding hydrogens is 323 g/mol. The molecule has 6 nitrogen and oxygen atoms in total. The molecule has 3 aromatic rings. The van der Waals surface area contributed by atoms with Crippen LogP contribution in [0.3, 0.4) is 0 Å². The van der Waals surface area contributed by atoms with E-state index in [1.54, 1.807) is 13.2 Å². The van der Waals surface area contributed by atoms with Gasteiger partial charge in [0, 0.05) is 25.8 Å². The molecule has 0 atom stereocenters. The topological polar surface area (TPSA) is 72.8 Å². The Labute approximate surface area is 135 Å². The van der Waals surface area contributed by atoms with E-state index in [0.717, 1.165) is 0 Å². The zero-order chi connectivity index (χ0) is 16.4. The molecule has 3 rings (SSSR count). The number of aryl methyl sites for hydroxylation is 1. The summed E-state index contributed by atoms with van der Waals surface area (Å²) in [6.45, 7) is 1.01. The van der Waals surface area contributed by atoms with Crippen LogP contribution in [0.2, 0.25) is 5.02 Å². The molecule has 8 heteroatoms. The Kier molecular flexibility index (Phi) is 4.40. The fraction of sp³-hybridized carbons (Fsp3) is 0.267. The van der Waals surface area contributed by atoms with Crippen molar-refractivity contribution in [2.75, 3.05) is 13.7 Å². The van der Waals surface area contributed by atoms with Crippen molar-refractivity contribution in [2.24, 2.45) is 0 Å². The Bertz CT molecular complexity index is 906. The number of halogens is 2. The van der Waals surface area contributed by atoms with Crippen LogP contribution in [0.15, 0.2) is 29.2 Å². The molecule has 1 aromatic carbocycles. The number of nitrogens with zero attached hydrogens (tertiary/aromatic N) is 3. The third-order valence-corrected chi connectivity index (χ3v) is 3.72. The molecule has 1 N–H and O–H groups in total. The van der Waals surface area contributed by atoms with E-state index in [4.69, 9.17) is 16.3 Å². The van der Waals surface area contributed by atoms with Crippen molar-refractivity contribution in [1.82, 2.24) is 19.5 Å². The standard InChI is InChI=1S/C15H14ClFN4O2/c1-23-6-2-5-21-14-13(20-15(21)22)18-8-12(19-14)9-3-4-11(17)10(16)7-9/h3-4,7-8H,2,5-6H2,1H3,(H,18,20,22). The van der Waals surface area contributed by atoms with Crippen LogP contribution in [-0.4, -0.2) is 33.2 Å². The van der Waals surface area contributed by atoms with Crippen LogP contribution in [-0.2, 0) is 11.3 Å². The van der Waals surface area contributed by atoms with E-state index in [0.29, 0.717) is 42.1 Å². The number of nitrogens with one attached hydrogen (secondary N) is 1. The first-order valence-electron chi connectivity index (χ1n) is 7.00. The van der Waals surface area contributed by atoms with Crippen molar-refractivity contribution in [3.8, 4) is 11.3 Å². The van der Waals surface area contributed by atoms with Gasteiger partial charge in [0.05, 0.1) is 16.9 Å². The average molecular weight is 337 g/mol. The SMILES string of the molecule is COCCCn1c(=O)[nH]c2ncc(-c3ccc(F)c(Cl)c3)nc21. The molecule has 0 spiro atoms. The molecule has 0 aliphatic carbocycles. The molecule has 0 saturated heterocycles. The van der Waals surface area contributed by atoms with Crippen molar-refractivity contribution in [1.29, 1.82) is 0 Å². The lowest BCUT2D eigenvalue weighted by atomic mass is 10.1. The molecule has 0 aliphatic heterocycles. The van der Waals surface area contributed by atoms with Gasteiger partial charge in [-0.3, -0.25) is 9.55 Å². The summed E-state index contributed by atoms with van der Waals surface area (Å²) >= 11 is 5.80. The second kappa shape index (κ2) is 6.47. The highest BCUT2D eigenvalue weighted by atomic mass is 35.5. The minimum Gasteiger partial charge on any atom is -0.385 e. The maximum Gasteiger partial charge on any atom is 0.328 e. The van der Waals surface area contributed by atoms with E-state index in [-0.39, 0.29) is 10.7 Å². The van der Waals surface area contributed by atoms with E-state index in [1.165, 1.54) is 22.9 Å². The third-order valence-electron chi connectivity index (χ3n) is 3.43. The number of methoxy groups -OCH3 is 1. The summed E-state index contributed by atoms with van der Waals surface area (Å²) in [7, 11) is 1.61. The van der Waals surface area contributed by atoms with Crippen molar-refractivity contribution >= 4 is 22.9 Å². The van der Waals surface area contributed by atoms with Gasteiger partial charge in [0.1, 0.15) is 5.82 Å². The number of aromatic amines is 1. The second-order valence-electron chi connectivity index (χ2n) is 4.98. The van der Waals surface area contributed by atoms with Crippen LogP contribution in [0.1, 0.15) is 6.42 Å². The first kappa shape index (κ1) is 15.6. The summed E-state index contributed by atoms with van der Waals surface area (Å²) in [4.78, 5) is 23.3. The lowest BCUT2D eigenvalue weighted by molar-refractivity contribution is 0.190. The van der Waals surface area contributed by atoms with Gasteiger partial charge in [-0.05, 0) is 24.6 Å². The van der Waals surface area contributed by atoms with Crippen LogP contribution in [0, 0.1) is 5.82 Å². The molecule has 0 bridgehead atoms. The van der Waals surface area contributed by atoms with Gasteiger partial charge in [-0.15, -0.1) is 0 Å². The minimum atomic E-state index is -0.498. The van der Waals surface area contributed by atoms with Gasteiger partial charge < -0.3 is 4.74 Å². The first-order chi connectivity index (χ1) is 11.1. The van der Waals surface area contributed by atoms with Crippen LogP contribution >= 0.6 is 11.6 Å². The van der Waals surface area contributed by atoms with E-state index >= 15 is 0 Å². The van der Waals surface area contributed by atoms with Gasteiger partial charge in [0.25, 0.3) is 0 Å². The van der Waals surface area contributed by atoms with E-state index in [2.05, 4.69) is 15.0 Å².